The van der Waals surface area contributed by atoms with Crippen LogP contribution in [0.5, 0.6) is 11.5 Å². The summed E-state index contributed by atoms with van der Waals surface area (Å²) in [5.74, 6) is 1.04. The van der Waals surface area contributed by atoms with Crippen LogP contribution in [0.15, 0.2) is 17.3 Å². The van der Waals surface area contributed by atoms with Gasteiger partial charge in [0.05, 0.1) is 25.0 Å². The quantitative estimate of drug-likeness (QED) is 0.491. The zero-order valence-electron chi connectivity index (χ0n) is 9.24. The molecule has 0 fully saturated rings. The summed E-state index contributed by atoms with van der Waals surface area (Å²) in [5.41, 5.74) is 0.646. The van der Waals surface area contributed by atoms with Crippen molar-refractivity contribution < 1.29 is 14.7 Å². The van der Waals surface area contributed by atoms with E-state index < -0.39 is 0 Å². The number of benzene rings is 1. The maximum Gasteiger partial charge on any atom is 0.179 e. The van der Waals surface area contributed by atoms with E-state index in [9.17, 15) is 0 Å². The van der Waals surface area contributed by atoms with Gasteiger partial charge in [0, 0.05) is 5.56 Å². The van der Waals surface area contributed by atoms with E-state index in [1.54, 1.807) is 12.1 Å². The summed E-state index contributed by atoms with van der Waals surface area (Å²) in [5, 5.41) is 11.8. The van der Waals surface area contributed by atoms with Gasteiger partial charge in [-0.3, -0.25) is 0 Å². The normalized spacial score (nSPS) is 10.7. The standard InChI is InChI=1S/C11H14ClNO3/c1-3-4-16-11-9(12)5-8(7-13-14)6-10(11)15-2/h5-7,14H,3-4H2,1-2H3. The number of nitrogens with zero attached hydrogens (tertiary/aromatic N) is 1. The predicted molar refractivity (Wildman–Crippen MR) is 63.2 cm³/mol. The molecule has 0 aliphatic heterocycles. The maximum atomic E-state index is 8.44. The van der Waals surface area contributed by atoms with E-state index >= 15 is 0 Å². The lowest BCUT2D eigenvalue weighted by molar-refractivity contribution is 0.294. The molecule has 0 amide bonds. The molecule has 0 saturated carbocycles. The Hall–Kier alpha value is -1.42. The van der Waals surface area contributed by atoms with Crippen molar-refractivity contribution in [1.29, 1.82) is 0 Å². The van der Waals surface area contributed by atoms with Crippen molar-refractivity contribution in [2.24, 2.45) is 5.16 Å². The fraction of sp³-hybridized carbons (Fsp3) is 0.364. The minimum Gasteiger partial charge on any atom is -0.493 e. The minimum atomic E-state index is 0.433. The van der Waals surface area contributed by atoms with Crippen LogP contribution in [0.2, 0.25) is 5.02 Å². The third kappa shape index (κ3) is 3.03. The third-order valence-electron chi connectivity index (χ3n) is 1.91. The summed E-state index contributed by atoms with van der Waals surface area (Å²) >= 11 is 6.04. The van der Waals surface area contributed by atoms with Crippen molar-refractivity contribution in [2.75, 3.05) is 13.7 Å². The Bertz CT molecular complexity index is 380. The van der Waals surface area contributed by atoms with Crippen LogP contribution in [-0.2, 0) is 0 Å². The van der Waals surface area contributed by atoms with E-state index in [0.717, 1.165) is 6.42 Å². The number of hydrogen-bond acceptors (Lipinski definition) is 4. The fourth-order valence-electron chi connectivity index (χ4n) is 1.23. The minimum absolute atomic E-state index is 0.433. The maximum absolute atomic E-state index is 8.44. The molecule has 1 aromatic rings. The number of rotatable bonds is 5. The van der Waals surface area contributed by atoms with Crippen LogP contribution < -0.4 is 9.47 Å². The molecular formula is C11H14ClNO3. The molecule has 5 heteroatoms. The topological polar surface area (TPSA) is 51.0 Å². The highest BCUT2D eigenvalue weighted by Crippen LogP contribution is 2.36. The van der Waals surface area contributed by atoms with Gasteiger partial charge in [0.25, 0.3) is 0 Å². The highest BCUT2D eigenvalue weighted by molar-refractivity contribution is 6.32. The molecule has 0 unspecified atom stereocenters. The summed E-state index contributed by atoms with van der Waals surface area (Å²) in [6, 6.07) is 3.34. The van der Waals surface area contributed by atoms with Crippen LogP contribution in [0.1, 0.15) is 18.9 Å². The Morgan fingerprint density at radius 2 is 2.25 bits per heavy atom. The fourth-order valence-corrected chi connectivity index (χ4v) is 1.50. The largest absolute Gasteiger partial charge is 0.493 e. The number of methoxy groups -OCH3 is 1. The molecule has 0 saturated heterocycles. The van der Waals surface area contributed by atoms with Crippen molar-refractivity contribution in [3.05, 3.63) is 22.7 Å². The SMILES string of the molecule is CCCOc1c(Cl)cc(C=NO)cc1OC. The molecule has 4 nitrogen and oxygen atoms in total. The zero-order valence-corrected chi connectivity index (χ0v) is 9.99. The van der Waals surface area contributed by atoms with Crippen LogP contribution in [0.4, 0.5) is 0 Å². The molecular weight excluding hydrogens is 230 g/mol. The first-order valence-electron chi connectivity index (χ1n) is 4.90. The van der Waals surface area contributed by atoms with E-state index in [-0.39, 0.29) is 0 Å². The molecule has 0 aliphatic carbocycles. The van der Waals surface area contributed by atoms with Crippen LogP contribution in [-0.4, -0.2) is 25.1 Å². The number of ether oxygens (including phenoxy) is 2. The molecule has 1 rings (SSSR count). The van der Waals surface area contributed by atoms with Gasteiger partial charge in [0.1, 0.15) is 0 Å². The van der Waals surface area contributed by atoms with Crippen molar-refractivity contribution >= 4 is 17.8 Å². The average molecular weight is 244 g/mol. The van der Waals surface area contributed by atoms with E-state index in [1.165, 1.54) is 13.3 Å². The van der Waals surface area contributed by atoms with Crippen LogP contribution in [0, 0.1) is 0 Å². The van der Waals surface area contributed by atoms with Gasteiger partial charge in [0.15, 0.2) is 11.5 Å². The molecule has 1 aromatic carbocycles. The first kappa shape index (κ1) is 12.6. The smallest absolute Gasteiger partial charge is 0.179 e. The summed E-state index contributed by atoms with van der Waals surface area (Å²) in [7, 11) is 1.53. The Kier molecular flexibility index (Phi) is 4.92. The zero-order chi connectivity index (χ0) is 12.0. The summed E-state index contributed by atoms with van der Waals surface area (Å²) < 4.78 is 10.6. The molecule has 1 N–H and O–H groups in total. The van der Waals surface area contributed by atoms with Gasteiger partial charge in [-0.2, -0.15) is 0 Å². The highest BCUT2D eigenvalue weighted by Gasteiger charge is 2.11. The lowest BCUT2D eigenvalue weighted by Gasteiger charge is -2.12. The van der Waals surface area contributed by atoms with E-state index in [4.69, 9.17) is 26.3 Å². The molecule has 0 spiro atoms. The first-order valence-corrected chi connectivity index (χ1v) is 5.28. The van der Waals surface area contributed by atoms with E-state index in [1.807, 2.05) is 6.92 Å². The Labute approximate surface area is 99.4 Å². The molecule has 0 aromatic heterocycles. The van der Waals surface area contributed by atoms with E-state index in [0.29, 0.717) is 28.7 Å². The molecule has 0 heterocycles. The second-order valence-corrected chi connectivity index (χ2v) is 3.53. The number of oxime groups is 1. The molecule has 0 bridgehead atoms. The third-order valence-corrected chi connectivity index (χ3v) is 2.19. The Balaban J connectivity index is 3.07. The van der Waals surface area contributed by atoms with Gasteiger partial charge < -0.3 is 14.7 Å². The van der Waals surface area contributed by atoms with Gasteiger partial charge in [-0.25, -0.2) is 0 Å². The lowest BCUT2D eigenvalue weighted by atomic mass is 10.2. The monoisotopic (exact) mass is 243 g/mol. The lowest BCUT2D eigenvalue weighted by Crippen LogP contribution is -1.99. The van der Waals surface area contributed by atoms with Crippen LogP contribution in [0.3, 0.4) is 0 Å². The van der Waals surface area contributed by atoms with Gasteiger partial charge in [0.2, 0.25) is 0 Å². The molecule has 16 heavy (non-hydrogen) atoms. The molecule has 88 valence electrons. The van der Waals surface area contributed by atoms with Crippen LogP contribution >= 0.6 is 11.6 Å². The molecule has 0 atom stereocenters. The van der Waals surface area contributed by atoms with Crippen molar-refractivity contribution in [1.82, 2.24) is 0 Å². The summed E-state index contributed by atoms with van der Waals surface area (Å²) in [6.45, 7) is 2.58. The number of hydrogen-bond donors (Lipinski definition) is 1. The Morgan fingerprint density at radius 3 is 2.81 bits per heavy atom. The summed E-state index contributed by atoms with van der Waals surface area (Å²) in [6.07, 6.45) is 2.16. The van der Waals surface area contributed by atoms with Gasteiger partial charge >= 0.3 is 0 Å². The van der Waals surface area contributed by atoms with E-state index in [2.05, 4.69) is 5.16 Å². The second-order valence-electron chi connectivity index (χ2n) is 3.13. The summed E-state index contributed by atoms with van der Waals surface area (Å²) in [4.78, 5) is 0. The van der Waals surface area contributed by atoms with Crippen molar-refractivity contribution in [3.63, 3.8) is 0 Å². The van der Waals surface area contributed by atoms with Gasteiger partial charge in [-0.05, 0) is 18.6 Å². The van der Waals surface area contributed by atoms with Gasteiger partial charge in [-0.1, -0.05) is 23.7 Å². The second kappa shape index (κ2) is 6.23. The van der Waals surface area contributed by atoms with Gasteiger partial charge in [-0.15, -0.1) is 0 Å². The Morgan fingerprint density at radius 1 is 1.50 bits per heavy atom. The van der Waals surface area contributed by atoms with Crippen molar-refractivity contribution in [2.45, 2.75) is 13.3 Å². The number of halogens is 1. The van der Waals surface area contributed by atoms with Crippen molar-refractivity contribution in [3.8, 4) is 11.5 Å². The van der Waals surface area contributed by atoms with Crippen LogP contribution in [0.25, 0.3) is 0 Å². The predicted octanol–water partition coefficient (Wildman–Crippen LogP) is 2.95. The molecule has 0 radical (unpaired) electrons. The average Bonchev–Trinajstić information content (AvgIpc) is 2.27. The molecule has 0 aliphatic rings. The highest BCUT2D eigenvalue weighted by atomic mass is 35.5. The first-order chi connectivity index (χ1) is 7.72.